The number of aryl methyl sites for hydroxylation is 1. The summed E-state index contributed by atoms with van der Waals surface area (Å²) in [6.07, 6.45) is 3.67. The van der Waals surface area contributed by atoms with E-state index in [-0.39, 0.29) is 0 Å². The van der Waals surface area contributed by atoms with Crippen molar-refractivity contribution in [2.75, 3.05) is 6.61 Å². The van der Waals surface area contributed by atoms with Gasteiger partial charge in [-0.15, -0.1) is 0 Å². The zero-order chi connectivity index (χ0) is 10.4. The summed E-state index contributed by atoms with van der Waals surface area (Å²) in [5, 5.41) is 0.658. The first kappa shape index (κ1) is 9.61. The van der Waals surface area contributed by atoms with E-state index in [1.54, 1.807) is 0 Å². The predicted octanol–water partition coefficient (Wildman–Crippen LogP) is 2.55. The minimum atomic E-state index is 0.430. The van der Waals surface area contributed by atoms with E-state index in [0.717, 1.165) is 25.0 Å². The molecule has 1 aromatic heterocycles. The molecule has 2 atom stereocenters. The Labute approximate surface area is 94.6 Å². The Balaban J connectivity index is 2.00. The van der Waals surface area contributed by atoms with Crippen molar-refractivity contribution in [2.45, 2.75) is 32.3 Å². The maximum Gasteiger partial charge on any atom is 0.132 e. The number of rotatable bonds is 0. The number of nitrogens with zero attached hydrogens (tertiary/aromatic N) is 1. The monoisotopic (exact) mass is 223 g/mol. The standard InChI is InChI=1S/C12H14ClNO/c1-7-4-9-6-11-8(2-3-15-11)5-10(9)14-12(7)13/h4,8,11H,2-3,5-6H2,1H3. The van der Waals surface area contributed by atoms with Crippen LogP contribution in [-0.2, 0) is 17.6 Å². The summed E-state index contributed by atoms with van der Waals surface area (Å²) in [6, 6.07) is 2.17. The van der Waals surface area contributed by atoms with Gasteiger partial charge in [0.2, 0.25) is 0 Å². The molecule has 2 heterocycles. The zero-order valence-electron chi connectivity index (χ0n) is 8.79. The van der Waals surface area contributed by atoms with Gasteiger partial charge in [0.05, 0.1) is 6.10 Å². The van der Waals surface area contributed by atoms with Gasteiger partial charge in [0.25, 0.3) is 0 Å². The maximum atomic E-state index is 6.05. The van der Waals surface area contributed by atoms with Crippen LogP contribution in [-0.4, -0.2) is 17.7 Å². The Morgan fingerprint density at radius 2 is 2.33 bits per heavy atom. The fraction of sp³-hybridized carbons (Fsp3) is 0.583. The molecule has 1 aliphatic heterocycles. The number of ether oxygens (including phenoxy) is 1. The first-order valence-corrected chi connectivity index (χ1v) is 5.88. The largest absolute Gasteiger partial charge is 0.378 e. The van der Waals surface area contributed by atoms with Crippen molar-refractivity contribution in [1.82, 2.24) is 4.98 Å². The fourth-order valence-electron chi connectivity index (χ4n) is 2.65. The summed E-state index contributed by atoms with van der Waals surface area (Å²) in [4.78, 5) is 4.48. The first-order chi connectivity index (χ1) is 7.24. The molecule has 1 fully saturated rings. The van der Waals surface area contributed by atoms with E-state index in [2.05, 4.69) is 11.1 Å². The second-order valence-corrected chi connectivity index (χ2v) is 4.93. The molecule has 80 valence electrons. The molecule has 3 heteroatoms. The lowest BCUT2D eigenvalue weighted by Crippen LogP contribution is -2.27. The minimum absolute atomic E-state index is 0.430. The molecule has 1 aliphatic carbocycles. The van der Waals surface area contributed by atoms with Crippen LogP contribution < -0.4 is 0 Å². The van der Waals surface area contributed by atoms with Crippen LogP contribution in [0.3, 0.4) is 0 Å². The Morgan fingerprint density at radius 1 is 1.47 bits per heavy atom. The van der Waals surface area contributed by atoms with Crippen LogP contribution in [0.1, 0.15) is 23.2 Å². The molecular weight excluding hydrogens is 210 g/mol. The molecule has 0 aromatic carbocycles. The highest BCUT2D eigenvalue weighted by Crippen LogP contribution is 2.34. The quantitative estimate of drug-likeness (QED) is 0.631. The van der Waals surface area contributed by atoms with Crippen molar-refractivity contribution in [3.63, 3.8) is 0 Å². The molecule has 1 saturated heterocycles. The molecule has 2 aliphatic rings. The van der Waals surface area contributed by atoms with E-state index in [0.29, 0.717) is 17.2 Å². The molecule has 1 aromatic rings. The smallest absolute Gasteiger partial charge is 0.132 e. The van der Waals surface area contributed by atoms with Crippen molar-refractivity contribution in [3.05, 3.63) is 28.0 Å². The van der Waals surface area contributed by atoms with Gasteiger partial charge in [0.1, 0.15) is 5.15 Å². The van der Waals surface area contributed by atoms with Crippen LogP contribution in [0, 0.1) is 12.8 Å². The Bertz CT molecular complexity index is 368. The average Bonchev–Trinajstić information content (AvgIpc) is 2.63. The molecule has 2 unspecified atom stereocenters. The van der Waals surface area contributed by atoms with Gasteiger partial charge in [-0.25, -0.2) is 4.98 Å². The van der Waals surface area contributed by atoms with E-state index in [1.807, 2.05) is 6.92 Å². The third-order valence-corrected chi connectivity index (χ3v) is 3.93. The number of aromatic nitrogens is 1. The Kier molecular flexibility index (Phi) is 2.22. The van der Waals surface area contributed by atoms with E-state index < -0.39 is 0 Å². The fourth-order valence-corrected chi connectivity index (χ4v) is 2.81. The number of hydrogen-bond acceptors (Lipinski definition) is 2. The summed E-state index contributed by atoms with van der Waals surface area (Å²) >= 11 is 6.05. The zero-order valence-corrected chi connectivity index (χ0v) is 9.55. The normalized spacial score (nSPS) is 28.7. The van der Waals surface area contributed by atoms with Crippen LogP contribution in [0.4, 0.5) is 0 Å². The van der Waals surface area contributed by atoms with Crippen molar-refractivity contribution in [2.24, 2.45) is 5.92 Å². The van der Waals surface area contributed by atoms with Gasteiger partial charge in [-0.05, 0) is 36.8 Å². The van der Waals surface area contributed by atoms with Gasteiger partial charge >= 0.3 is 0 Å². The Hall–Kier alpha value is -0.600. The van der Waals surface area contributed by atoms with Crippen LogP contribution in [0.25, 0.3) is 0 Å². The highest BCUT2D eigenvalue weighted by Gasteiger charge is 2.34. The topological polar surface area (TPSA) is 22.1 Å². The third-order valence-electron chi connectivity index (χ3n) is 3.54. The molecule has 0 amide bonds. The van der Waals surface area contributed by atoms with Crippen molar-refractivity contribution in [1.29, 1.82) is 0 Å². The van der Waals surface area contributed by atoms with Gasteiger partial charge in [-0.2, -0.15) is 0 Å². The van der Waals surface area contributed by atoms with Crippen LogP contribution in [0.5, 0.6) is 0 Å². The predicted molar refractivity (Wildman–Crippen MR) is 59.2 cm³/mol. The number of halogens is 1. The lowest BCUT2D eigenvalue weighted by Gasteiger charge is -2.26. The van der Waals surface area contributed by atoms with E-state index >= 15 is 0 Å². The van der Waals surface area contributed by atoms with E-state index in [9.17, 15) is 0 Å². The molecular formula is C12H14ClNO. The lowest BCUT2D eigenvalue weighted by atomic mass is 9.84. The molecule has 0 bridgehead atoms. The highest BCUT2D eigenvalue weighted by atomic mass is 35.5. The molecule has 15 heavy (non-hydrogen) atoms. The van der Waals surface area contributed by atoms with Gasteiger partial charge in [0.15, 0.2) is 0 Å². The van der Waals surface area contributed by atoms with E-state index in [4.69, 9.17) is 16.3 Å². The first-order valence-electron chi connectivity index (χ1n) is 5.50. The number of hydrogen-bond donors (Lipinski definition) is 0. The molecule has 3 rings (SSSR count). The SMILES string of the molecule is Cc1cc2c(nc1Cl)CC1CCOC1C2. The van der Waals surface area contributed by atoms with Crippen LogP contribution in [0.15, 0.2) is 6.07 Å². The maximum absolute atomic E-state index is 6.05. The number of pyridine rings is 1. The lowest BCUT2D eigenvalue weighted by molar-refractivity contribution is 0.0857. The average molecular weight is 224 g/mol. The minimum Gasteiger partial charge on any atom is -0.378 e. The Morgan fingerprint density at radius 3 is 3.20 bits per heavy atom. The summed E-state index contributed by atoms with van der Waals surface area (Å²) in [6.45, 7) is 2.92. The van der Waals surface area contributed by atoms with Gasteiger partial charge in [0, 0.05) is 18.7 Å². The summed E-state index contributed by atoms with van der Waals surface area (Å²) in [7, 11) is 0. The van der Waals surface area contributed by atoms with Gasteiger partial charge in [-0.1, -0.05) is 17.7 Å². The molecule has 0 N–H and O–H groups in total. The third kappa shape index (κ3) is 1.56. The van der Waals surface area contributed by atoms with Crippen molar-refractivity contribution in [3.8, 4) is 0 Å². The summed E-state index contributed by atoms with van der Waals surface area (Å²) in [5.74, 6) is 0.670. The molecule has 0 spiro atoms. The summed E-state index contributed by atoms with van der Waals surface area (Å²) in [5.41, 5.74) is 3.60. The van der Waals surface area contributed by atoms with Crippen molar-refractivity contribution < 1.29 is 4.74 Å². The second kappa shape index (κ2) is 3.46. The summed E-state index contributed by atoms with van der Waals surface area (Å²) < 4.78 is 5.72. The highest BCUT2D eigenvalue weighted by molar-refractivity contribution is 6.30. The number of fused-ring (bicyclic) bond motifs is 2. The molecule has 0 saturated carbocycles. The van der Waals surface area contributed by atoms with Crippen molar-refractivity contribution >= 4 is 11.6 Å². The van der Waals surface area contributed by atoms with Crippen LogP contribution >= 0.6 is 11.6 Å². The van der Waals surface area contributed by atoms with E-state index in [1.165, 1.54) is 17.7 Å². The van der Waals surface area contributed by atoms with Crippen LogP contribution in [0.2, 0.25) is 5.15 Å². The second-order valence-electron chi connectivity index (χ2n) is 4.57. The molecule has 2 nitrogen and oxygen atoms in total. The molecule has 0 radical (unpaired) electrons. The van der Waals surface area contributed by atoms with Gasteiger partial charge in [-0.3, -0.25) is 0 Å². The van der Waals surface area contributed by atoms with Gasteiger partial charge < -0.3 is 4.74 Å².